The summed E-state index contributed by atoms with van der Waals surface area (Å²) >= 11 is 4.21. The van der Waals surface area contributed by atoms with Crippen molar-refractivity contribution in [3.8, 4) is 5.75 Å². The van der Waals surface area contributed by atoms with Gasteiger partial charge < -0.3 is 10.4 Å². The molecule has 0 saturated carbocycles. The first kappa shape index (κ1) is 18.0. The van der Waals surface area contributed by atoms with Gasteiger partial charge in [-0.05, 0) is 81.9 Å². The van der Waals surface area contributed by atoms with E-state index in [-0.39, 0.29) is 18.2 Å². The third-order valence-corrected chi connectivity index (χ3v) is 4.37. The molecule has 0 heterocycles. The molecule has 23 heavy (non-hydrogen) atoms. The van der Waals surface area contributed by atoms with Crippen molar-refractivity contribution < 1.29 is 9.90 Å². The van der Waals surface area contributed by atoms with Crippen LogP contribution in [0.2, 0.25) is 0 Å². The minimum Gasteiger partial charge on any atom is -0.506 e. The summed E-state index contributed by atoms with van der Waals surface area (Å²) in [6, 6.07) is 11.4. The molecular formula is C16H15I2N3O2. The molecule has 0 spiro atoms. The third kappa shape index (κ3) is 5.65. The maximum absolute atomic E-state index is 11.8. The van der Waals surface area contributed by atoms with E-state index in [4.69, 9.17) is 0 Å². The van der Waals surface area contributed by atoms with Crippen LogP contribution in [-0.4, -0.2) is 23.8 Å². The molecule has 120 valence electrons. The number of phenols is 1. The van der Waals surface area contributed by atoms with E-state index in [1.807, 2.05) is 59.8 Å². The van der Waals surface area contributed by atoms with Gasteiger partial charge in [-0.25, -0.2) is 5.43 Å². The van der Waals surface area contributed by atoms with Crippen LogP contribution in [0.25, 0.3) is 0 Å². The van der Waals surface area contributed by atoms with Crippen molar-refractivity contribution in [3.63, 3.8) is 0 Å². The van der Waals surface area contributed by atoms with Crippen molar-refractivity contribution >= 4 is 63.0 Å². The van der Waals surface area contributed by atoms with Crippen molar-refractivity contribution in [1.82, 2.24) is 5.43 Å². The highest BCUT2D eigenvalue weighted by Crippen LogP contribution is 2.25. The van der Waals surface area contributed by atoms with Crippen molar-refractivity contribution in [2.45, 2.75) is 6.92 Å². The molecule has 0 unspecified atom stereocenters. The number of carbonyl (C=O) groups is 1. The Morgan fingerprint density at radius 1 is 1.30 bits per heavy atom. The first-order chi connectivity index (χ1) is 11.0. The molecule has 7 heteroatoms. The number of nitrogens with zero attached hydrogens (tertiary/aromatic N) is 1. The fourth-order valence-corrected chi connectivity index (χ4v) is 3.72. The highest BCUT2D eigenvalue weighted by atomic mass is 127. The van der Waals surface area contributed by atoms with E-state index in [0.717, 1.165) is 18.4 Å². The fraction of sp³-hybridized carbons (Fsp3) is 0.125. The van der Waals surface area contributed by atoms with Crippen LogP contribution >= 0.6 is 45.2 Å². The number of rotatable bonds is 5. The van der Waals surface area contributed by atoms with E-state index in [1.165, 1.54) is 6.21 Å². The summed E-state index contributed by atoms with van der Waals surface area (Å²) in [5.74, 6) is -0.107. The zero-order valence-corrected chi connectivity index (χ0v) is 16.6. The summed E-state index contributed by atoms with van der Waals surface area (Å²) in [4.78, 5) is 11.8. The van der Waals surface area contributed by atoms with Gasteiger partial charge in [0.2, 0.25) is 0 Å². The molecule has 0 radical (unpaired) electrons. The number of amides is 1. The smallest absolute Gasteiger partial charge is 0.259 e. The number of aromatic hydroxyl groups is 1. The summed E-state index contributed by atoms with van der Waals surface area (Å²) in [5.41, 5.74) is 5.00. The topological polar surface area (TPSA) is 73.7 Å². The molecule has 0 aliphatic rings. The van der Waals surface area contributed by atoms with E-state index >= 15 is 0 Å². The van der Waals surface area contributed by atoms with Gasteiger partial charge >= 0.3 is 0 Å². The van der Waals surface area contributed by atoms with Crippen LogP contribution in [0.4, 0.5) is 5.69 Å². The third-order valence-electron chi connectivity index (χ3n) is 2.92. The second-order valence-corrected chi connectivity index (χ2v) is 7.25. The summed E-state index contributed by atoms with van der Waals surface area (Å²) in [6.07, 6.45) is 1.43. The quantitative estimate of drug-likeness (QED) is 0.312. The SMILES string of the molecule is Cc1cccc(NCC(=O)NN=Cc2cc(I)cc(I)c2O)c1. The lowest BCUT2D eigenvalue weighted by Gasteiger charge is -2.06. The fourth-order valence-electron chi connectivity index (χ4n) is 1.84. The van der Waals surface area contributed by atoms with Gasteiger partial charge in [0.05, 0.1) is 16.3 Å². The second kappa shape index (κ2) is 8.48. The minimum atomic E-state index is -0.262. The first-order valence-electron chi connectivity index (χ1n) is 6.76. The standard InChI is InChI=1S/C16H15I2N3O2/c1-10-3-2-4-13(5-10)19-9-15(22)21-20-8-11-6-12(17)7-14(18)16(11)23/h2-8,19,23H,9H2,1H3,(H,21,22). The monoisotopic (exact) mass is 535 g/mol. The summed E-state index contributed by atoms with van der Waals surface area (Å²) in [6.45, 7) is 2.11. The van der Waals surface area contributed by atoms with E-state index in [0.29, 0.717) is 5.56 Å². The van der Waals surface area contributed by atoms with Crippen molar-refractivity contribution in [3.05, 3.63) is 54.7 Å². The number of benzene rings is 2. The molecule has 5 nitrogen and oxygen atoms in total. The number of hydrogen-bond donors (Lipinski definition) is 3. The molecule has 0 aliphatic heterocycles. The van der Waals surface area contributed by atoms with Gasteiger partial charge in [-0.15, -0.1) is 0 Å². The predicted molar refractivity (Wildman–Crippen MR) is 109 cm³/mol. The lowest BCUT2D eigenvalue weighted by atomic mass is 10.2. The Labute approximate surface area is 161 Å². The normalized spacial score (nSPS) is 10.7. The Kier molecular flexibility index (Phi) is 6.63. The summed E-state index contributed by atoms with van der Waals surface area (Å²) in [7, 11) is 0. The minimum absolute atomic E-state index is 0.122. The number of hydrazone groups is 1. The van der Waals surface area contributed by atoms with Gasteiger partial charge in [-0.3, -0.25) is 4.79 Å². The van der Waals surface area contributed by atoms with Crippen LogP contribution in [0.15, 0.2) is 41.5 Å². The number of aryl methyl sites for hydroxylation is 1. The molecule has 0 atom stereocenters. The van der Waals surface area contributed by atoms with Crippen molar-refractivity contribution in [2.75, 3.05) is 11.9 Å². The van der Waals surface area contributed by atoms with Crippen molar-refractivity contribution in [1.29, 1.82) is 0 Å². The highest BCUT2D eigenvalue weighted by Gasteiger charge is 2.05. The van der Waals surface area contributed by atoms with Gasteiger partial charge in [0.1, 0.15) is 5.75 Å². The maximum atomic E-state index is 11.8. The van der Waals surface area contributed by atoms with E-state index in [9.17, 15) is 9.90 Å². The number of anilines is 1. The van der Waals surface area contributed by atoms with Crippen LogP contribution in [0.3, 0.4) is 0 Å². The molecule has 1 amide bonds. The van der Waals surface area contributed by atoms with E-state index in [2.05, 4.69) is 38.4 Å². The molecule has 0 aromatic heterocycles. The lowest BCUT2D eigenvalue weighted by Crippen LogP contribution is -2.25. The highest BCUT2D eigenvalue weighted by molar-refractivity contribution is 14.1. The first-order valence-corrected chi connectivity index (χ1v) is 8.92. The molecule has 0 saturated heterocycles. The number of phenolic OH excluding ortho intramolecular Hbond substituents is 1. The molecule has 2 rings (SSSR count). The van der Waals surface area contributed by atoms with Crippen LogP contribution in [0.5, 0.6) is 5.75 Å². The van der Waals surface area contributed by atoms with E-state index in [1.54, 1.807) is 6.07 Å². The number of carbonyl (C=O) groups excluding carboxylic acids is 1. The number of nitrogens with one attached hydrogen (secondary N) is 2. The number of hydrogen-bond acceptors (Lipinski definition) is 4. The Morgan fingerprint density at radius 2 is 2.09 bits per heavy atom. The molecule has 2 aromatic rings. The van der Waals surface area contributed by atoms with Crippen LogP contribution in [0, 0.1) is 14.1 Å². The Balaban J connectivity index is 1.89. The Bertz CT molecular complexity index is 748. The van der Waals surface area contributed by atoms with Crippen molar-refractivity contribution in [2.24, 2.45) is 5.10 Å². The van der Waals surface area contributed by atoms with Gasteiger partial charge in [-0.1, -0.05) is 12.1 Å². The van der Waals surface area contributed by atoms with Gasteiger partial charge in [0.25, 0.3) is 5.91 Å². The Morgan fingerprint density at radius 3 is 2.83 bits per heavy atom. The lowest BCUT2D eigenvalue weighted by molar-refractivity contribution is -0.119. The zero-order valence-electron chi connectivity index (χ0n) is 12.3. The average molecular weight is 535 g/mol. The molecule has 2 aromatic carbocycles. The van der Waals surface area contributed by atoms with Crippen LogP contribution in [-0.2, 0) is 4.79 Å². The summed E-state index contributed by atoms with van der Waals surface area (Å²) < 4.78 is 1.72. The molecule has 3 N–H and O–H groups in total. The largest absolute Gasteiger partial charge is 0.506 e. The van der Waals surface area contributed by atoms with E-state index < -0.39 is 0 Å². The second-order valence-electron chi connectivity index (χ2n) is 4.84. The van der Waals surface area contributed by atoms with Crippen LogP contribution in [0.1, 0.15) is 11.1 Å². The van der Waals surface area contributed by atoms with Gasteiger partial charge in [0.15, 0.2) is 0 Å². The van der Waals surface area contributed by atoms with Gasteiger partial charge in [-0.2, -0.15) is 5.10 Å². The molecule has 0 aliphatic carbocycles. The zero-order chi connectivity index (χ0) is 16.8. The summed E-state index contributed by atoms with van der Waals surface area (Å²) in [5, 5.41) is 16.8. The maximum Gasteiger partial charge on any atom is 0.259 e. The number of halogens is 2. The Hall–Kier alpha value is -1.36. The molecule has 0 fully saturated rings. The predicted octanol–water partition coefficient (Wildman–Crippen LogP) is 3.47. The van der Waals surface area contributed by atoms with Gasteiger partial charge in [0, 0.05) is 14.8 Å². The van der Waals surface area contributed by atoms with Crippen LogP contribution < -0.4 is 10.7 Å². The molecular weight excluding hydrogens is 520 g/mol. The average Bonchev–Trinajstić information content (AvgIpc) is 2.50. The molecule has 0 bridgehead atoms.